The molecule has 0 radical (unpaired) electrons. The van der Waals surface area contributed by atoms with Crippen LogP contribution in [0.3, 0.4) is 0 Å². The average Bonchev–Trinajstić information content (AvgIpc) is 3.27. The van der Waals surface area contributed by atoms with Crippen LogP contribution in [0.4, 0.5) is 5.82 Å². The second-order valence-corrected chi connectivity index (χ2v) is 10.1. The number of rotatable bonds is 6. The number of hydrogen-bond acceptors (Lipinski definition) is 7. The zero-order valence-corrected chi connectivity index (χ0v) is 17.7. The topological polar surface area (TPSA) is 91.2 Å². The number of fused-ring (bicyclic) bond motifs is 3. The molecule has 2 aromatic rings. The van der Waals surface area contributed by atoms with Crippen LogP contribution in [0.15, 0.2) is 17.3 Å². The molecule has 1 saturated carbocycles. The summed E-state index contributed by atoms with van der Waals surface area (Å²) in [4.78, 5) is 16.7. The molecule has 2 aliphatic heterocycles. The Bertz CT molecular complexity index is 959. The van der Waals surface area contributed by atoms with Crippen LogP contribution in [0.2, 0.25) is 5.02 Å². The van der Waals surface area contributed by atoms with Crippen molar-refractivity contribution >= 4 is 28.2 Å². The summed E-state index contributed by atoms with van der Waals surface area (Å²) in [5.74, 6) is 2.17. The predicted octanol–water partition coefficient (Wildman–Crippen LogP) is 2.07. The summed E-state index contributed by atoms with van der Waals surface area (Å²) in [7, 11) is -1.02. The van der Waals surface area contributed by atoms with Crippen LogP contribution in [0.5, 0.6) is 0 Å². The summed E-state index contributed by atoms with van der Waals surface area (Å²) in [6.45, 7) is 2.50. The minimum Gasteiger partial charge on any atom is -0.394 e. The number of pyridine rings is 1. The van der Waals surface area contributed by atoms with E-state index in [9.17, 15) is 9.32 Å². The van der Waals surface area contributed by atoms with Gasteiger partial charge in [0.1, 0.15) is 11.6 Å². The highest BCUT2D eigenvalue weighted by molar-refractivity contribution is 7.85. The quantitative estimate of drug-likeness (QED) is 0.720. The highest BCUT2D eigenvalue weighted by Crippen LogP contribution is 2.41. The first-order valence-electron chi connectivity index (χ1n) is 10.1. The lowest BCUT2D eigenvalue weighted by molar-refractivity contribution is 0.143. The molecule has 4 heterocycles. The molecule has 0 bridgehead atoms. The van der Waals surface area contributed by atoms with Crippen molar-refractivity contribution < 1.29 is 9.32 Å². The average molecular weight is 434 g/mol. The maximum atomic E-state index is 12.7. The third-order valence-corrected chi connectivity index (χ3v) is 7.96. The number of aromatic nitrogens is 3. The van der Waals surface area contributed by atoms with Crippen LogP contribution >= 0.6 is 11.6 Å². The van der Waals surface area contributed by atoms with Gasteiger partial charge in [0.2, 0.25) is 0 Å². The van der Waals surface area contributed by atoms with E-state index < -0.39 is 10.8 Å². The van der Waals surface area contributed by atoms with E-state index in [4.69, 9.17) is 16.6 Å². The van der Waals surface area contributed by atoms with Crippen molar-refractivity contribution in [1.82, 2.24) is 19.9 Å². The van der Waals surface area contributed by atoms with Crippen molar-refractivity contribution in [3.63, 3.8) is 0 Å². The van der Waals surface area contributed by atoms with Gasteiger partial charge in [0, 0.05) is 44.2 Å². The number of anilines is 1. The fraction of sp³-hybridized carbons (Fsp3) is 0.550. The SMILES string of the molecule is O=[S@]1CCc2c3c(nc(NC4(CO)CCC4)c21)CN(CCc1ncc(Cl)cn1)C3. The van der Waals surface area contributed by atoms with Crippen molar-refractivity contribution in [3.8, 4) is 0 Å². The third kappa shape index (κ3) is 3.56. The Morgan fingerprint density at radius 3 is 2.72 bits per heavy atom. The Hall–Kier alpha value is -1.61. The third-order valence-electron chi connectivity index (χ3n) is 6.29. The highest BCUT2D eigenvalue weighted by Gasteiger charge is 2.40. The van der Waals surface area contributed by atoms with Crippen LogP contribution in [-0.4, -0.2) is 53.6 Å². The predicted molar refractivity (Wildman–Crippen MR) is 111 cm³/mol. The fourth-order valence-electron chi connectivity index (χ4n) is 4.47. The van der Waals surface area contributed by atoms with Gasteiger partial charge in [0.15, 0.2) is 0 Å². The molecule has 0 aromatic carbocycles. The van der Waals surface area contributed by atoms with E-state index >= 15 is 0 Å². The van der Waals surface area contributed by atoms with Crippen LogP contribution in [0.25, 0.3) is 0 Å². The molecule has 29 heavy (non-hydrogen) atoms. The standard InChI is InChI=1S/C20H24ClN5O2S/c21-13-8-22-17(23-9-13)2-6-26-10-15-14-3-7-29(28)18(14)19(24-16(15)11-26)25-20(12-27)4-1-5-20/h8-9,27H,1-7,10-12H2,(H,24,25)/t29-/m0/s1. The Morgan fingerprint density at radius 2 is 2.03 bits per heavy atom. The van der Waals surface area contributed by atoms with Gasteiger partial charge in [-0.05, 0) is 36.8 Å². The molecule has 5 rings (SSSR count). The van der Waals surface area contributed by atoms with Crippen molar-refractivity contribution in [3.05, 3.63) is 40.1 Å². The van der Waals surface area contributed by atoms with Gasteiger partial charge >= 0.3 is 0 Å². The summed E-state index contributed by atoms with van der Waals surface area (Å²) >= 11 is 5.86. The normalized spacial score (nSPS) is 22.2. The van der Waals surface area contributed by atoms with Gasteiger partial charge in [-0.3, -0.25) is 9.11 Å². The number of nitrogens with zero attached hydrogens (tertiary/aromatic N) is 4. The van der Waals surface area contributed by atoms with Gasteiger partial charge in [0.25, 0.3) is 0 Å². The van der Waals surface area contributed by atoms with Gasteiger partial charge in [-0.25, -0.2) is 15.0 Å². The number of aliphatic hydroxyl groups is 1. The highest BCUT2D eigenvalue weighted by atomic mass is 35.5. The number of hydrogen-bond donors (Lipinski definition) is 2. The molecule has 2 N–H and O–H groups in total. The summed E-state index contributed by atoms with van der Waals surface area (Å²) in [5.41, 5.74) is 3.20. The molecule has 0 saturated heterocycles. The largest absolute Gasteiger partial charge is 0.394 e. The van der Waals surface area contributed by atoms with E-state index in [1.54, 1.807) is 12.4 Å². The Morgan fingerprint density at radius 1 is 1.24 bits per heavy atom. The number of halogens is 1. The fourth-order valence-corrected chi connectivity index (χ4v) is 5.97. The lowest BCUT2D eigenvalue weighted by Gasteiger charge is -2.41. The molecule has 2 aromatic heterocycles. The minimum atomic E-state index is -1.02. The van der Waals surface area contributed by atoms with E-state index in [1.165, 1.54) is 11.1 Å². The van der Waals surface area contributed by atoms with Gasteiger partial charge in [0.05, 0.1) is 38.6 Å². The minimum absolute atomic E-state index is 0.0837. The number of aliphatic hydroxyl groups excluding tert-OH is 1. The smallest absolute Gasteiger partial charge is 0.143 e. The van der Waals surface area contributed by atoms with E-state index in [1.807, 2.05) is 0 Å². The maximum absolute atomic E-state index is 12.7. The molecule has 154 valence electrons. The van der Waals surface area contributed by atoms with Crippen LogP contribution < -0.4 is 5.32 Å². The molecule has 0 spiro atoms. The van der Waals surface area contributed by atoms with Gasteiger partial charge in [-0.2, -0.15) is 0 Å². The first-order chi connectivity index (χ1) is 14.1. The maximum Gasteiger partial charge on any atom is 0.143 e. The molecule has 3 aliphatic rings. The van der Waals surface area contributed by atoms with E-state index in [0.717, 1.165) is 74.0 Å². The molecule has 1 fully saturated rings. The van der Waals surface area contributed by atoms with Gasteiger partial charge in [-0.15, -0.1) is 0 Å². The lowest BCUT2D eigenvalue weighted by atomic mass is 9.77. The molecule has 7 nitrogen and oxygen atoms in total. The van der Waals surface area contributed by atoms with E-state index in [2.05, 4.69) is 20.2 Å². The van der Waals surface area contributed by atoms with Crippen molar-refractivity contribution in [2.45, 2.75) is 55.6 Å². The van der Waals surface area contributed by atoms with Gasteiger partial charge in [-0.1, -0.05) is 11.6 Å². The molecule has 0 amide bonds. The van der Waals surface area contributed by atoms with Crippen molar-refractivity contribution in [2.24, 2.45) is 0 Å². The van der Waals surface area contributed by atoms with Crippen LogP contribution in [0.1, 0.15) is 41.9 Å². The molecule has 1 atom stereocenters. The molecule has 1 aliphatic carbocycles. The van der Waals surface area contributed by atoms with Crippen molar-refractivity contribution in [2.75, 3.05) is 24.2 Å². The second-order valence-electron chi connectivity index (χ2n) is 8.19. The second kappa shape index (κ2) is 7.58. The monoisotopic (exact) mass is 433 g/mol. The van der Waals surface area contributed by atoms with Crippen LogP contribution in [0, 0.1) is 0 Å². The number of nitrogens with one attached hydrogen (secondary N) is 1. The van der Waals surface area contributed by atoms with E-state index in [-0.39, 0.29) is 12.1 Å². The summed E-state index contributed by atoms with van der Waals surface area (Å²) in [6, 6.07) is 0. The molecule has 9 heteroatoms. The Kier molecular flexibility index (Phi) is 5.06. The Balaban J connectivity index is 1.37. The summed E-state index contributed by atoms with van der Waals surface area (Å²) in [6.07, 6.45) is 7.79. The first kappa shape index (κ1) is 19.4. The molecular weight excluding hydrogens is 410 g/mol. The zero-order valence-electron chi connectivity index (χ0n) is 16.2. The van der Waals surface area contributed by atoms with Crippen LogP contribution in [-0.2, 0) is 36.7 Å². The summed E-state index contributed by atoms with van der Waals surface area (Å²) in [5, 5.41) is 13.9. The molecule has 0 unspecified atom stereocenters. The summed E-state index contributed by atoms with van der Waals surface area (Å²) < 4.78 is 12.7. The Labute approximate surface area is 177 Å². The molecular formula is C20H24ClN5O2S. The lowest BCUT2D eigenvalue weighted by Crippen LogP contribution is -2.48. The van der Waals surface area contributed by atoms with E-state index in [0.29, 0.717) is 10.8 Å². The zero-order chi connectivity index (χ0) is 20.0. The van der Waals surface area contributed by atoms with Crippen molar-refractivity contribution in [1.29, 1.82) is 0 Å². The first-order valence-corrected chi connectivity index (χ1v) is 11.8. The van der Waals surface area contributed by atoms with Gasteiger partial charge < -0.3 is 10.4 Å².